The molecule has 1 atom stereocenters. The van der Waals surface area contributed by atoms with Gasteiger partial charge in [-0.15, -0.1) is 0 Å². The van der Waals surface area contributed by atoms with Crippen LogP contribution in [0.15, 0.2) is 64.8 Å². The molecule has 10 nitrogen and oxygen atoms in total. The van der Waals surface area contributed by atoms with Gasteiger partial charge in [-0.2, -0.15) is 8.78 Å². The first-order valence-corrected chi connectivity index (χ1v) is 12.9. The molecule has 0 radical (unpaired) electrons. The number of methoxy groups -OCH3 is 2. The number of halogens is 2. The van der Waals surface area contributed by atoms with E-state index in [0.29, 0.717) is 5.75 Å². The van der Waals surface area contributed by atoms with E-state index in [1.807, 2.05) is 0 Å². The molecular weight excluding hydrogens is 520 g/mol. The Labute approximate surface area is 206 Å². The van der Waals surface area contributed by atoms with E-state index in [1.165, 1.54) is 50.7 Å². The van der Waals surface area contributed by atoms with E-state index >= 15 is 0 Å². The van der Waals surface area contributed by atoms with Crippen molar-refractivity contribution in [2.75, 3.05) is 14.2 Å². The lowest BCUT2D eigenvalue weighted by atomic mass is 10.3. The Bertz CT molecular complexity index is 1540. The van der Waals surface area contributed by atoms with E-state index < -0.39 is 27.4 Å². The first-order chi connectivity index (χ1) is 17.1. The van der Waals surface area contributed by atoms with Crippen molar-refractivity contribution in [1.29, 1.82) is 0 Å². The summed E-state index contributed by atoms with van der Waals surface area (Å²) in [6.07, 6.45) is 1.41. The number of phenols is 1. The topological polar surface area (TPSA) is 130 Å². The SMILES string of the molecule is COc1ccnc(CS(=O)c2nc3cc(OC(F)F)ccc3n2S(=O)(=O)c2ccc(O)cc2)c1OC. The Morgan fingerprint density at radius 3 is 2.44 bits per heavy atom. The minimum absolute atomic E-state index is 0.0152. The standard InChI is InChI=1S/C22H19F2N3O7S2/c1-32-19-9-10-25-17(20(19)33-2)12-35(29)22-26-16-11-14(34-21(23)24)5-8-18(16)27(22)36(30,31)15-6-3-13(28)4-7-15/h3-11,21,28H,12H2,1-2H3. The molecule has 4 rings (SSSR count). The molecule has 190 valence electrons. The molecule has 0 spiro atoms. The van der Waals surface area contributed by atoms with Gasteiger partial charge in [-0.3, -0.25) is 9.19 Å². The highest BCUT2D eigenvalue weighted by atomic mass is 32.2. The number of phenolic OH excluding ortho intramolecular Hbond substituents is 1. The van der Waals surface area contributed by atoms with Crippen LogP contribution in [0.1, 0.15) is 5.69 Å². The molecule has 36 heavy (non-hydrogen) atoms. The smallest absolute Gasteiger partial charge is 0.387 e. The lowest BCUT2D eigenvalue weighted by Gasteiger charge is -2.13. The van der Waals surface area contributed by atoms with Crippen molar-refractivity contribution in [1.82, 2.24) is 13.9 Å². The summed E-state index contributed by atoms with van der Waals surface area (Å²) in [6, 6.07) is 9.75. The van der Waals surface area contributed by atoms with Gasteiger partial charge in [0.15, 0.2) is 11.5 Å². The predicted molar refractivity (Wildman–Crippen MR) is 125 cm³/mol. The van der Waals surface area contributed by atoms with Crippen molar-refractivity contribution in [2.24, 2.45) is 0 Å². The molecule has 1 N–H and O–H groups in total. The van der Waals surface area contributed by atoms with Gasteiger partial charge in [0, 0.05) is 18.3 Å². The number of ether oxygens (including phenoxy) is 3. The van der Waals surface area contributed by atoms with Crippen LogP contribution in [0.3, 0.4) is 0 Å². The summed E-state index contributed by atoms with van der Waals surface area (Å²) in [4.78, 5) is 8.14. The maximum atomic E-state index is 13.6. The first-order valence-electron chi connectivity index (χ1n) is 10.1. The fourth-order valence-electron chi connectivity index (χ4n) is 3.43. The highest BCUT2D eigenvalue weighted by Gasteiger charge is 2.29. The van der Waals surface area contributed by atoms with E-state index in [4.69, 9.17) is 9.47 Å². The third-order valence-corrected chi connectivity index (χ3v) is 8.04. The molecule has 0 aliphatic heterocycles. The monoisotopic (exact) mass is 539 g/mol. The lowest BCUT2D eigenvalue weighted by Crippen LogP contribution is -2.17. The summed E-state index contributed by atoms with van der Waals surface area (Å²) in [5, 5.41) is 9.18. The minimum atomic E-state index is -4.39. The van der Waals surface area contributed by atoms with E-state index in [2.05, 4.69) is 14.7 Å². The molecule has 0 saturated heterocycles. The number of hydrogen-bond donors (Lipinski definition) is 1. The van der Waals surface area contributed by atoms with Crippen LogP contribution in [0.5, 0.6) is 23.0 Å². The Balaban J connectivity index is 1.88. The van der Waals surface area contributed by atoms with Crippen molar-refractivity contribution in [3.8, 4) is 23.0 Å². The zero-order chi connectivity index (χ0) is 26.0. The minimum Gasteiger partial charge on any atom is -0.508 e. The van der Waals surface area contributed by atoms with Crippen molar-refractivity contribution in [3.63, 3.8) is 0 Å². The molecule has 2 heterocycles. The molecule has 0 amide bonds. The third kappa shape index (κ3) is 4.81. The van der Waals surface area contributed by atoms with Gasteiger partial charge in [-0.25, -0.2) is 17.4 Å². The second-order valence-electron chi connectivity index (χ2n) is 7.17. The van der Waals surface area contributed by atoms with Gasteiger partial charge in [0.1, 0.15) is 11.5 Å². The summed E-state index contributed by atoms with van der Waals surface area (Å²) in [5.74, 6) is -0.158. The highest BCUT2D eigenvalue weighted by molar-refractivity contribution is 7.91. The average molecular weight is 540 g/mol. The quantitative estimate of drug-likeness (QED) is 0.340. The van der Waals surface area contributed by atoms with Gasteiger partial charge in [0.2, 0.25) is 5.16 Å². The second kappa shape index (κ2) is 10.1. The van der Waals surface area contributed by atoms with E-state index in [0.717, 1.165) is 16.1 Å². The molecule has 0 bridgehead atoms. The van der Waals surface area contributed by atoms with Crippen LogP contribution in [0.25, 0.3) is 11.0 Å². The summed E-state index contributed by atoms with van der Waals surface area (Å²) in [5.41, 5.74) is 0.167. The number of imidazole rings is 1. The summed E-state index contributed by atoms with van der Waals surface area (Å²) in [6.45, 7) is -3.11. The maximum absolute atomic E-state index is 13.6. The van der Waals surface area contributed by atoms with Crippen molar-refractivity contribution in [3.05, 3.63) is 60.4 Å². The van der Waals surface area contributed by atoms with Crippen LogP contribution in [0.4, 0.5) is 8.78 Å². The first kappa shape index (κ1) is 25.3. The number of alkyl halides is 2. The normalized spacial score (nSPS) is 12.6. The number of benzene rings is 2. The predicted octanol–water partition coefficient (Wildman–Crippen LogP) is 3.30. The van der Waals surface area contributed by atoms with Gasteiger partial charge in [0.25, 0.3) is 10.0 Å². The van der Waals surface area contributed by atoms with Crippen molar-refractivity contribution in [2.45, 2.75) is 22.4 Å². The lowest BCUT2D eigenvalue weighted by molar-refractivity contribution is -0.0497. The maximum Gasteiger partial charge on any atom is 0.387 e. The third-order valence-electron chi connectivity index (χ3n) is 4.99. The number of aromatic nitrogens is 3. The molecule has 0 aliphatic carbocycles. The van der Waals surface area contributed by atoms with E-state index in [9.17, 15) is 26.5 Å². The molecular formula is C22H19F2N3O7S2. The molecule has 2 aromatic heterocycles. The molecule has 2 aromatic carbocycles. The molecule has 0 fully saturated rings. The van der Waals surface area contributed by atoms with Gasteiger partial charge in [-0.05, 0) is 36.4 Å². The second-order valence-corrected chi connectivity index (χ2v) is 10.3. The fourth-order valence-corrected chi connectivity index (χ4v) is 6.39. The fraction of sp³-hybridized carbons (Fsp3) is 0.182. The van der Waals surface area contributed by atoms with Gasteiger partial charge < -0.3 is 19.3 Å². The molecule has 0 aliphatic rings. The van der Waals surface area contributed by atoms with Crippen LogP contribution < -0.4 is 14.2 Å². The van der Waals surface area contributed by atoms with Crippen molar-refractivity contribution < 1.29 is 40.7 Å². The zero-order valence-electron chi connectivity index (χ0n) is 18.8. The number of hydrogen-bond acceptors (Lipinski definition) is 9. The van der Waals surface area contributed by atoms with Crippen LogP contribution >= 0.6 is 0 Å². The van der Waals surface area contributed by atoms with Gasteiger partial charge >= 0.3 is 6.61 Å². The molecule has 0 saturated carbocycles. The summed E-state index contributed by atoms with van der Waals surface area (Å²) < 4.78 is 81.8. The Kier molecular flexibility index (Phi) is 7.08. The van der Waals surface area contributed by atoms with Crippen molar-refractivity contribution >= 4 is 31.9 Å². The van der Waals surface area contributed by atoms with E-state index in [1.54, 1.807) is 6.07 Å². The average Bonchev–Trinajstić information content (AvgIpc) is 3.23. The van der Waals surface area contributed by atoms with Crippen LogP contribution in [-0.2, 0) is 26.6 Å². The molecule has 4 aromatic rings. The Morgan fingerprint density at radius 2 is 1.81 bits per heavy atom. The van der Waals surface area contributed by atoms with Gasteiger partial charge in [0.05, 0.1) is 52.4 Å². The van der Waals surface area contributed by atoms with Gasteiger partial charge in [-0.1, -0.05) is 0 Å². The number of nitrogens with zero attached hydrogens (tertiary/aromatic N) is 3. The van der Waals surface area contributed by atoms with Crippen LogP contribution in [-0.4, -0.2) is 52.5 Å². The molecule has 1 unspecified atom stereocenters. The van der Waals surface area contributed by atoms with Crippen LogP contribution in [0.2, 0.25) is 0 Å². The largest absolute Gasteiger partial charge is 0.508 e. The number of rotatable bonds is 9. The Morgan fingerprint density at radius 1 is 1.08 bits per heavy atom. The van der Waals surface area contributed by atoms with Crippen LogP contribution in [0, 0.1) is 0 Å². The summed E-state index contributed by atoms with van der Waals surface area (Å²) in [7, 11) is -3.70. The molecule has 14 heteroatoms. The van der Waals surface area contributed by atoms with E-state index in [-0.39, 0.29) is 49.8 Å². The Hall–Kier alpha value is -3.78. The highest BCUT2D eigenvalue weighted by Crippen LogP contribution is 2.33. The summed E-state index contributed by atoms with van der Waals surface area (Å²) >= 11 is 0. The number of fused-ring (bicyclic) bond motifs is 1. The number of pyridine rings is 1. The zero-order valence-corrected chi connectivity index (χ0v) is 20.4. The number of aromatic hydroxyl groups is 1.